The van der Waals surface area contributed by atoms with Gasteiger partial charge in [-0.25, -0.2) is 4.39 Å². The molecule has 1 aliphatic heterocycles. The summed E-state index contributed by atoms with van der Waals surface area (Å²) in [5.41, 5.74) is -0.348. The van der Waals surface area contributed by atoms with Crippen molar-refractivity contribution >= 4 is 11.8 Å². The summed E-state index contributed by atoms with van der Waals surface area (Å²) < 4.78 is 52.5. The average Bonchev–Trinajstić information content (AvgIpc) is 3.02. The predicted octanol–water partition coefficient (Wildman–Crippen LogP) is 2.99. The minimum atomic E-state index is -4.52. The molecule has 0 saturated carbocycles. The summed E-state index contributed by atoms with van der Waals surface area (Å²) >= 11 is 0. The zero-order valence-electron chi connectivity index (χ0n) is 14.0. The average molecular weight is 380 g/mol. The van der Waals surface area contributed by atoms with Crippen LogP contribution >= 0.6 is 0 Å². The number of rotatable bonds is 4. The lowest BCUT2D eigenvalue weighted by atomic mass is 9.87. The Hall–Kier alpha value is -2.90. The second-order valence-corrected chi connectivity index (χ2v) is 6.26. The molecule has 0 spiro atoms. The molecule has 2 atom stereocenters. The molecule has 0 aromatic heterocycles. The summed E-state index contributed by atoms with van der Waals surface area (Å²) in [6.45, 7) is -0.0669. The maximum absolute atomic E-state index is 13.7. The molecular formula is C19H16F4N2O2. The molecule has 1 aliphatic rings. The van der Waals surface area contributed by atoms with E-state index in [1.54, 1.807) is 6.07 Å². The highest BCUT2D eigenvalue weighted by molar-refractivity contribution is 6.03. The van der Waals surface area contributed by atoms with Gasteiger partial charge in [-0.2, -0.15) is 13.2 Å². The first-order valence-corrected chi connectivity index (χ1v) is 8.23. The summed E-state index contributed by atoms with van der Waals surface area (Å²) in [4.78, 5) is 24.6. The van der Waals surface area contributed by atoms with Crippen LogP contribution in [0.1, 0.15) is 22.6 Å². The highest BCUT2D eigenvalue weighted by atomic mass is 19.4. The van der Waals surface area contributed by atoms with Gasteiger partial charge < -0.3 is 10.6 Å². The lowest BCUT2D eigenvalue weighted by Gasteiger charge is -2.18. The molecule has 0 radical (unpaired) electrons. The standard InChI is InChI=1S/C19H16F4N2O2/c20-15-7-2-1-4-12(15)9-24-17(26)16-14(10-25-18(16)27)11-5-3-6-13(8-11)19(21,22)23/h1-8,14,16H,9-10H2,(H,24,26)(H,25,27)/t14-,16-/m1/s1. The van der Waals surface area contributed by atoms with E-state index in [9.17, 15) is 27.2 Å². The summed E-state index contributed by atoms with van der Waals surface area (Å²) in [7, 11) is 0. The van der Waals surface area contributed by atoms with Crippen molar-refractivity contribution in [3.8, 4) is 0 Å². The number of halogens is 4. The van der Waals surface area contributed by atoms with Crippen molar-refractivity contribution in [2.75, 3.05) is 6.54 Å². The van der Waals surface area contributed by atoms with Gasteiger partial charge in [0.1, 0.15) is 11.7 Å². The van der Waals surface area contributed by atoms with E-state index < -0.39 is 41.2 Å². The highest BCUT2D eigenvalue weighted by Gasteiger charge is 2.41. The Morgan fingerprint density at radius 2 is 1.89 bits per heavy atom. The Kier molecular flexibility index (Phi) is 5.16. The third-order valence-corrected chi connectivity index (χ3v) is 4.52. The van der Waals surface area contributed by atoms with Gasteiger partial charge in [-0.3, -0.25) is 9.59 Å². The third kappa shape index (κ3) is 4.10. The topological polar surface area (TPSA) is 58.2 Å². The molecular weight excluding hydrogens is 364 g/mol. The van der Waals surface area contributed by atoms with E-state index in [1.165, 1.54) is 30.3 Å². The lowest BCUT2D eigenvalue weighted by Crippen LogP contribution is -2.37. The Morgan fingerprint density at radius 3 is 2.59 bits per heavy atom. The molecule has 27 heavy (non-hydrogen) atoms. The minimum Gasteiger partial charge on any atom is -0.355 e. The van der Waals surface area contributed by atoms with Gasteiger partial charge in [0.25, 0.3) is 0 Å². The van der Waals surface area contributed by atoms with Crippen molar-refractivity contribution in [1.82, 2.24) is 10.6 Å². The maximum atomic E-state index is 13.7. The van der Waals surface area contributed by atoms with Crippen molar-refractivity contribution < 1.29 is 27.2 Å². The molecule has 2 aromatic carbocycles. The Bertz CT molecular complexity index is 867. The van der Waals surface area contributed by atoms with E-state index >= 15 is 0 Å². The van der Waals surface area contributed by atoms with Crippen LogP contribution in [0, 0.1) is 11.7 Å². The molecule has 2 amide bonds. The molecule has 0 aliphatic carbocycles. The van der Waals surface area contributed by atoms with Crippen molar-refractivity contribution in [2.24, 2.45) is 5.92 Å². The van der Waals surface area contributed by atoms with Gasteiger partial charge in [0.05, 0.1) is 5.56 Å². The zero-order chi connectivity index (χ0) is 19.6. The smallest absolute Gasteiger partial charge is 0.355 e. The first-order chi connectivity index (χ1) is 12.8. The van der Waals surface area contributed by atoms with Crippen molar-refractivity contribution in [3.05, 3.63) is 71.0 Å². The van der Waals surface area contributed by atoms with Crippen molar-refractivity contribution in [2.45, 2.75) is 18.6 Å². The van der Waals surface area contributed by atoms with Crippen LogP contribution in [0.25, 0.3) is 0 Å². The quantitative estimate of drug-likeness (QED) is 0.633. The maximum Gasteiger partial charge on any atom is 0.416 e. The van der Waals surface area contributed by atoms with Gasteiger partial charge in [0, 0.05) is 24.6 Å². The van der Waals surface area contributed by atoms with Gasteiger partial charge >= 0.3 is 6.18 Å². The van der Waals surface area contributed by atoms with Gasteiger partial charge in [-0.1, -0.05) is 36.4 Å². The van der Waals surface area contributed by atoms with Crippen LogP contribution in [0.5, 0.6) is 0 Å². The number of hydrogen-bond acceptors (Lipinski definition) is 2. The van der Waals surface area contributed by atoms with Crippen molar-refractivity contribution in [3.63, 3.8) is 0 Å². The first-order valence-electron chi connectivity index (χ1n) is 8.23. The number of alkyl halides is 3. The number of carbonyl (C=O) groups excluding carboxylic acids is 2. The van der Waals surface area contributed by atoms with Crippen LogP contribution in [0.4, 0.5) is 17.6 Å². The van der Waals surface area contributed by atoms with Crippen LogP contribution in [0.3, 0.4) is 0 Å². The van der Waals surface area contributed by atoms with Crippen LogP contribution in [-0.4, -0.2) is 18.4 Å². The Balaban J connectivity index is 1.78. The Morgan fingerprint density at radius 1 is 1.15 bits per heavy atom. The molecule has 1 saturated heterocycles. The predicted molar refractivity (Wildman–Crippen MR) is 88.9 cm³/mol. The zero-order valence-corrected chi connectivity index (χ0v) is 14.0. The molecule has 1 fully saturated rings. The number of hydrogen-bond donors (Lipinski definition) is 2. The number of amides is 2. The molecule has 142 valence electrons. The second-order valence-electron chi connectivity index (χ2n) is 6.26. The monoisotopic (exact) mass is 380 g/mol. The van der Waals surface area contributed by atoms with E-state index in [4.69, 9.17) is 0 Å². The fourth-order valence-corrected chi connectivity index (χ4v) is 3.11. The van der Waals surface area contributed by atoms with Gasteiger partial charge in [0.2, 0.25) is 11.8 Å². The van der Waals surface area contributed by atoms with E-state index in [2.05, 4.69) is 10.6 Å². The third-order valence-electron chi connectivity index (χ3n) is 4.52. The van der Waals surface area contributed by atoms with Crippen LogP contribution in [-0.2, 0) is 22.3 Å². The molecule has 1 heterocycles. The summed E-state index contributed by atoms with van der Waals surface area (Å²) in [5.74, 6) is -3.64. The molecule has 2 aromatic rings. The number of benzene rings is 2. The number of nitrogens with one attached hydrogen (secondary N) is 2. The molecule has 0 unspecified atom stereocenters. The van der Waals surface area contributed by atoms with Crippen LogP contribution < -0.4 is 10.6 Å². The second kappa shape index (κ2) is 7.38. The van der Waals surface area contributed by atoms with E-state index in [0.29, 0.717) is 0 Å². The fraction of sp³-hybridized carbons (Fsp3) is 0.263. The van der Waals surface area contributed by atoms with Crippen LogP contribution in [0.15, 0.2) is 48.5 Å². The van der Waals surface area contributed by atoms with Gasteiger partial charge in [-0.15, -0.1) is 0 Å². The minimum absolute atomic E-state index is 0.0535. The molecule has 2 N–H and O–H groups in total. The Labute approximate surface area is 152 Å². The summed E-state index contributed by atoms with van der Waals surface area (Å²) in [6, 6.07) is 10.4. The molecule has 3 rings (SSSR count). The molecule has 0 bridgehead atoms. The van der Waals surface area contributed by atoms with Crippen LogP contribution in [0.2, 0.25) is 0 Å². The molecule has 4 nitrogen and oxygen atoms in total. The van der Waals surface area contributed by atoms with E-state index in [0.717, 1.165) is 12.1 Å². The highest BCUT2D eigenvalue weighted by Crippen LogP contribution is 2.34. The van der Waals surface area contributed by atoms with E-state index in [-0.39, 0.29) is 24.2 Å². The van der Waals surface area contributed by atoms with Gasteiger partial charge in [-0.05, 0) is 17.7 Å². The fourth-order valence-electron chi connectivity index (χ4n) is 3.11. The number of carbonyl (C=O) groups is 2. The largest absolute Gasteiger partial charge is 0.416 e. The lowest BCUT2D eigenvalue weighted by molar-refractivity contribution is -0.137. The molecule has 8 heteroatoms. The summed E-state index contributed by atoms with van der Waals surface area (Å²) in [6.07, 6.45) is -4.52. The van der Waals surface area contributed by atoms with Gasteiger partial charge in [0.15, 0.2) is 0 Å². The summed E-state index contributed by atoms with van der Waals surface area (Å²) in [5, 5.41) is 5.01. The SMILES string of the molecule is O=C(NCc1ccccc1F)[C@@H]1C(=O)NC[C@@H]1c1cccc(C(F)(F)F)c1. The first kappa shape index (κ1) is 18.9. The van der Waals surface area contributed by atoms with Crippen molar-refractivity contribution in [1.29, 1.82) is 0 Å². The normalized spacial score (nSPS) is 19.6. The van der Waals surface area contributed by atoms with E-state index in [1.807, 2.05) is 0 Å².